The first-order valence-electron chi connectivity index (χ1n) is 14.4. The average molecular weight is 537 g/mol. The average Bonchev–Trinajstić information content (AvgIpc) is 3.22. The molecule has 200 valence electrons. The SMILES string of the molecule is CSc1ccc(-c2ccc3c(c2)C[C@]24CCC(=O)C=C2CCC2=C4[C@@H]3C[C@@]3(C)[C@H]2CC[C@@]3(O)C#CCO)cc1. The summed E-state index contributed by atoms with van der Waals surface area (Å²) in [6.45, 7) is 2.02. The molecular formula is C35H36O3S. The van der Waals surface area contributed by atoms with Gasteiger partial charge in [-0.3, -0.25) is 4.79 Å². The van der Waals surface area contributed by atoms with E-state index in [1.807, 2.05) is 6.08 Å². The predicted molar refractivity (Wildman–Crippen MR) is 156 cm³/mol. The van der Waals surface area contributed by atoms with E-state index in [9.17, 15) is 15.0 Å². The molecule has 2 N–H and O–H groups in total. The predicted octanol–water partition coefficient (Wildman–Crippen LogP) is 6.63. The Morgan fingerprint density at radius 1 is 1.05 bits per heavy atom. The molecule has 0 bridgehead atoms. The summed E-state index contributed by atoms with van der Waals surface area (Å²) in [5.74, 6) is 6.72. The molecule has 0 amide bonds. The lowest BCUT2D eigenvalue weighted by Gasteiger charge is -2.58. The Morgan fingerprint density at radius 2 is 1.85 bits per heavy atom. The van der Waals surface area contributed by atoms with Crippen molar-refractivity contribution in [3.8, 4) is 23.0 Å². The van der Waals surface area contributed by atoms with E-state index in [4.69, 9.17) is 0 Å². The van der Waals surface area contributed by atoms with Crippen LogP contribution in [0.4, 0.5) is 0 Å². The van der Waals surface area contributed by atoms with Crippen molar-refractivity contribution in [3.63, 3.8) is 0 Å². The van der Waals surface area contributed by atoms with Gasteiger partial charge in [0, 0.05) is 28.1 Å². The highest BCUT2D eigenvalue weighted by Gasteiger charge is 2.64. The fourth-order valence-corrected chi connectivity index (χ4v) is 9.54. The van der Waals surface area contributed by atoms with Gasteiger partial charge < -0.3 is 10.2 Å². The van der Waals surface area contributed by atoms with Crippen molar-refractivity contribution in [1.29, 1.82) is 0 Å². The molecule has 5 aliphatic carbocycles. The van der Waals surface area contributed by atoms with Crippen LogP contribution in [-0.4, -0.2) is 34.5 Å². The Kier molecular flexibility index (Phi) is 5.84. The summed E-state index contributed by atoms with van der Waals surface area (Å²) in [4.78, 5) is 13.9. The summed E-state index contributed by atoms with van der Waals surface area (Å²) in [5, 5.41) is 21.4. The van der Waals surface area contributed by atoms with E-state index in [0.717, 1.165) is 38.5 Å². The monoisotopic (exact) mass is 536 g/mol. The lowest BCUT2D eigenvalue weighted by atomic mass is 9.45. The zero-order valence-electron chi connectivity index (χ0n) is 22.8. The standard InChI is InChI=1S/C35H36O3S/c1-33-21-30-28-10-6-23(22-4-8-27(39-2)9-5-22)18-24(28)20-34-15-12-26(37)19-25(34)7-11-29(32(30)34)31(33)13-16-35(33,38)14-3-17-36/h4-6,8-10,18-19,30-31,36,38H,7,11-13,15-17,20-21H2,1-2H3/t30-,31+,33+,34-,35+/m1/s1. The van der Waals surface area contributed by atoms with E-state index >= 15 is 0 Å². The van der Waals surface area contributed by atoms with Gasteiger partial charge in [-0.25, -0.2) is 0 Å². The molecule has 0 unspecified atom stereocenters. The van der Waals surface area contributed by atoms with Crippen molar-refractivity contribution in [2.45, 2.75) is 74.7 Å². The van der Waals surface area contributed by atoms with Crippen LogP contribution in [0.3, 0.4) is 0 Å². The van der Waals surface area contributed by atoms with Gasteiger partial charge >= 0.3 is 0 Å². The molecule has 2 aromatic rings. The van der Waals surface area contributed by atoms with Crippen LogP contribution in [0.5, 0.6) is 0 Å². The van der Waals surface area contributed by atoms with Crippen LogP contribution in [0.2, 0.25) is 0 Å². The number of aliphatic hydroxyl groups is 2. The maximum Gasteiger partial charge on any atom is 0.155 e. The second-order valence-electron chi connectivity index (χ2n) is 12.6. The van der Waals surface area contributed by atoms with E-state index in [2.05, 4.69) is 67.5 Å². The van der Waals surface area contributed by atoms with Gasteiger partial charge in [-0.15, -0.1) is 11.8 Å². The van der Waals surface area contributed by atoms with Crippen LogP contribution in [0.1, 0.15) is 68.9 Å². The molecule has 0 heterocycles. The van der Waals surface area contributed by atoms with Gasteiger partial charge in [0.15, 0.2) is 5.78 Å². The molecule has 0 radical (unpaired) electrons. The minimum absolute atomic E-state index is 0.0701. The molecule has 3 nitrogen and oxygen atoms in total. The maximum absolute atomic E-state index is 12.6. The van der Waals surface area contributed by atoms with Crippen LogP contribution < -0.4 is 0 Å². The van der Waals surface area contributed by atoms with Gasteiger partial charge in [-0.1, -0.05) is 65.8 Å². The number of fused-ring (bicyclic) bond motifs is 4. The first-order chi connectivity index (χ1) is 18.8. The summed E-state index contributed by atoms with van der Waals surface area (Å²) in [7, 11) is 0. The van der Waals surface area contributed by atoms with E-state index < -0.39 is 5.60 Å². The number of carbonyl (C=O) groups excluding carboxylic acids is 1. The van der Waals surface area contributed by atoms with Gasteiger partial charge in [-0.2, -0.15) is 0 Å². The van der Waals surface area contributed by atoms with Crippen LogP contribution in [0.25, 0.3) is 11.1 Å². The molecule has 0 saturated heterocycles. The van der Waals surface area contributed by atoms with Crippen LogP contribution in [-0.2, 0) is 11.2 Å². The minimum atomic E-state index is -1.10. The van der Waals surface area contributed by atoms with Crippen molar-refractivity contribution < 1.29 is 15.0 Å². The summed E-state index contributed by atoms with van der Waals surface area (Å²) in [5.41, 5.74) is 8.19. The van der Waals surface area contributed by atoms with Crippen molar-refractivity contribution in [1.82, 2.24) is 0 Å². The van der Waals surface area contributed by atoms with E-state index in [0.29, 0.717) is 18.8 Å². The molecule has 7 rings (SSSR count). The number of thioether (sulfide) groups is 1. The fraction of sp³-hybridized carbons (Fsp3) is 0.457. The van der Waals surface area contributed by atoms with E-state index in [1.54, 1.807) is 22.9 Å². The van der Waals surface area contributed by atoms with Crippen molar-refractivity contribution in [2.75, 3.05) is 12.9 Å². The minimum Gasteiger partial charge on any atom is -0.384 e. The lowest BCUT2D eigenvalue weighted by Crippen LogP contribution is -2.52. The Balaban J connectivity index is 1.42. The maximum atomic E-state index is 12.6. The first-order valence-corrected chi connectivity index (χ1v) is 15.6. The molecular weight excluding hydrogens is 500 g/mol. The highest BCUT2D eigenvalue weighted by atomic mass is 32.2. The lowest BCUT2D eigenvalue weighted by molar-refractivity contribution is -0.115. The number of allylic oxidation sites excluding steroid dienone is 4. The largest absolute Gasteiger partial charge is 0.384 e. The molecule has 2 aromatic carbocycles. The molecule has 1 spiro atoms. The number of carbonyl (C=O) groups is 1. The molecule has 39 heavy (non-hydrogen) atoms. The van der Waals surface area contributed by atoms with Gasteiger partial charge in [0.2, 0.25) is 0 Å². The molecule has 1 fully saturated rings. The summed E-state index contributed by atoms with van der Waals surface area (Å²) < 4.78 is 0. The Hall–Kier alpha value is -2.58. The van der Waals surface area contributed by atoms with Crippen molar-refractivity contribution in [2.24, 2.45) is 16.7 Å². The Morgan fingerprint density at radius 3 is 2.62 bits per heavy atom. The number of hydrogen-bond acceptors (Lipinski definition) is 4. The fourth-order valence-electron chi connectivity index (χ4n) is 9.13. The van der Waals surface area contributed by atoms with Gasteiger partial charge in [0.1, 0.15) is 12.2 Å². The van der Waals surface area contributed by atoms with Crippen LogP contribution in [0, 0.1) is 28.6 Å². The van der Waals surface area contributed by atoms with Crippen molar-refractivity contribution >= 4 is 17.5 Å². The topological polar surface area (TPSA) is 57.5 Å². The molecule has 5 atom stereocenters. The molecule has 1 saturated carbocycles. The number of hydrogen-bond donors (Lipinski definition) is 2. The van der Waals surface area contributed by atoms with E-state index in [1.165, 1.54) is 32.7 Å². The Labute approximate surface area is 235 Å². The molecule has 0 aromatic heterocycles. The van der Waals surface area contributed by atoms with Crippen molar-refractivity contribution in [3.05, 3.63) is 76.4 Å². The van der Waals surface area contributed by atoms with Gasteiger partial charge in [-0.05, 0) is 97.6 Å². The first kappa shape index (κ1) is 25.4. The summed E-state index contributed by atoms with van der Waals surface area (Å²) in [6, 6.07) is 15.8. The third-order valence-electron chi connectivity index (χ3n) is 11.0. The summed E-state index contributed by atoms with van der Waals surface area (Å²) in [6.07, 6.45) is 10.9. The van der Waals surface area contributed by atoms with E-state index in [-0.39, 0.29) is 29.1 Å². The van der Waals surface area contributed by atoms with Crippen LogP contribution >= 0.6 is 11.8 Å². The highest BCUT2D eigenvalue weighted by Crippen LogP contribution is 2.70. The Bertz CT molecular complexity index is 1500. The highest BCUT2D eigenvalue weighted by molar-refractivity contribution is 7.98. The molecule has 0 aliphatic heterocycles. The third kappa shape index (κ3) is 3.56. The summed E-state index contributed by atoms with van der Waals surface area (Å²) >= 11 is 1.76. The van der Waals surface area contributed by atoms with Gasteiger partial charge in [0.25, 0.3) is 0 Å². The molecule has 4 heteroatoms. The van der Waals surface area contributed by atoms with Gasteiger partial charge in [0.05, 0.1) is 0 Å². The molecule has 5 aliphatic rings. The second-order valence-corrected chi connectivity index (χ2v) is 13.4. The number of aliphatic hydroxyl groups excluding tert-OH is 1. The smallest absolute Gasteiger partial charge is 0.155 e. The normalized spacial score (nSPS) is 34.3. The second kappa shape index (κ2) is 8.96. The zero-order valence-corrected chi connectivity index (χ0v) is 23.7. The third-order valence-corrected chi connectivity index (χ3v) is 11.7. The van der Waals surface area contributed by atoms with Crippen LogP contribution in [0.15, 0.2) is 70.2 Å². The number of benzene rings is 2. The quantitative estimate of drug-likeness (QED) is 0.257. The number of rotatable bonds is 2. The zero-order chi connectivity index (χ0) is 27.0. The number of ketones is 1.